The molecule has 0 aromatic carbocycles. The molecule has 0 saturated carbocycles. The van der Waals surface area contributed by atoms with Crippen molar-refractivity contribution in [1.82, 2.24) is 9.97 Å². The van der Waals surface area contributed by atoms with Gasteiger partial charge in [-0.2, -0.15) is 0 Å². The highest BCUT2D eigenvalue weighted by Gasteiger charge is 2.01. The van der Waals surface area contributed by atoms with Crippen LogP contribution in [0.3, 0.4) is 0 Å². The maximum atomic E-state index is 4.40. The summed E-state index contributed by atoms with van der Waals surface area (Å²) in [5.74, 6) is 0. The molecular formula is C10H10N2S. The van der Waals surface area contributed by atoms with Crippen molar-refractivity contribution in [1.29, 1.82) is 0 Å². The minimum Gasteiger partial charge on any atom is -0.264 e. The van der Waals surface area contributed by atoms with E-state index in [0.29, 0.717) is 0 Å². The van der Waals surface area contributed by atoms with Crippen molar-refractivity contribution >= 4 is 11.3 Å². The molecule has 2 heterocycles. The molecule has 3 heteroatoms. The van der Waals surface area contributed by atoms with Crippen LogP contribution in [0.4, 0.5) is 0 Å². The first-order valence-corrected chi connectivity index (χ1v) is 4.98. The van der Waals surface area contributed by atoms with E-state index in [1.165, 1.54) is 5.56 Å². The van der Waals surface area contributed by atoms with E-state index in [0.717, 1.165) is 16.3 Å². The molecule has 0 N–H and O–H groups in total. The third-order valence-corrected chi connectivity index (χ3v) is 2.75. The van der Waals surface area contributed by atoms with Gasteiger partial charge in [-0.1, -0.05) is 0 Å². The molecule has 0 saturated heterocycles. The van der Waals surface area contributed by atoms with Gasteiger partial charge in [0, 0.05) is 29.0 Å². The van der Waals surface area contributed by atoms with Crippen molar-refractivity contribution in [3.63, 3.8) is 0 Å². The van der Waals surface area contributed by atoms with Crippen molar-refractivity contribution in [3.05, 3.63) is 35.1 Å². The molecule has 0 bridgehead atoms. The van der Waals surface area contributed by atoms with Gasteiger partial charge in [-0.15, -0.1) is 11.3 Å². The molecule has 2 aromatic heterocycles. The Morgan fingerprint density at radius 3 is 2.69 bits per heavy atom. The Morgan fingerprint density at radius 1 is 1.23 bits per heavy atom. The van der Waals surface area contributed by atoms with Crippen molar-refractivity contribution in [2.24, 2.45) is 0 Å². The quantitative estimate of drug-likeness (QED) is 0.691. The van der Waals surface area contributed by atoms with Crippen molar-refractivity contribution in [2.45, 2.75) is 13.8 Å². The number of hydrogen-bond acceptors (Lipinski definition) is 3. The van der Waals surface area contributed by atoms with Gasteiger partial charge >= 0.3 is 0 Å². The average molecular weight is 190 g/mol. The van der Waals surface area contributed by atoms with Gasteiger partial charge in [0.1, 0.15) is 5.01 Å². The van der Waals surface area contributed by atoms with E-state index in [9.17, 15) is 0 Å². The lowest BCUT2D eigenvalue weighted by Crippen LogP contribution is -1.81. The normalized spacial score (nSPS) is 10.3. The zero-order valence-electron chi connectivity index (χ0n) is 7.61. The third kappa shape index (κ3) is 1.75. The predicted molar refractivity (Wildman–Crippen MR) is 54.8 cm³/mol. The molecular weight excluding hydrogens is 180 g/mol. The summed E-state index contributed by atoms with van der Waals surface area (Å²) < 4.78 is 0. The molecule has 0 atom stereocenters. The Hall–Kier alpha value is -1.22. The molecule has 0 aliphatic rings. The number of pyridine rings is 1. The Morgan fingerprint density at radius 2 is 2.08 bits per heavy atom. The topological polar surface area (TPSA) is 25.8 Å². The molecule has 66 valence electrons. The second-order valence-corrected chi connectivity index (χ2v) is 3.90. The summed E-state index contributed by atoms with van der Waals surface area (Å²) in [5, 5.41) is 3.10. The minimum atomic E-state index is 1.05. The highest BCUT2D eigenvalue weighted by molar-refractivity contribution is 7.13. The summed E-state index contributed by atoms with van der Waals surface area (Å²) in [6, 6.07) is 2.10. The summed E-state index contributed by atoms with van der Waals surface area (Å²) in [5.41, 5.74) is 3.35. The standard InChI is InChI=1S/C10H10N2S/c1-7-3-9(5-11-4-7)10-12-8(2)6-13-10/h3-6H,1-2H3. The number of hydrogen-bond donors (Lipinski definition) is 0. The van der Waals surface area contributed by atoms with Crippen LogP contribution in [-0.2, 0) is 0 Å². The summed E-state index contributed by atoms with van der Waals surface area (Å²) in [6.45, 7) is 4.04. The van der Waals surface area contributed by atoms with Gasteiger partial charge in [-0.3, -0.25) is 4.98 Å². The predicted octanol–water partition coefficient (Wildman–Crippen LogP) is 2.82. The monoisotopic (exact) mass is 190 g/mol. The van der Waals surface area contributed by atoms with Gasteiger partial charge in [0.2, 0.25) is 0 Å². The van der Waals surface area contributed by atoms with Crippen LogP contribution in [0.2, 0.25) is 0 Å². The molecule has 13 heavy (non-hydrogen) atoms. The minimum absolute atomic E-state index is 1.05. The summed E-state index contributed by atoms with van der Waals surface area (Å²) >= 11 is 1.66. The Labute approximate surface area is 81.3 Å². The van der Waals surface area contributed by atoms with E-state index < -0.39 is 0 Å². The summed E-state index contributed by atoms with van der Waals surface area (Å²) in [7, 11) is 0. The van der Waals surface area contributed by atoms with E-state index in [2.05, 4.69) is 21.4 Å². The summed E-state index contributed by atoms with van der Waals surface area (Å²) in [6.07, 6.45) is 3.70. The molecule has 0 fully saturated rings. The van der Waals surface area contributed by atoms with Gasteiger partial charge in [-0.05, 0) is 25.5 Å². The first-order chi connectivity index (χ1) is 6.25. The lowest BCUT2D eigenvalue weighted by Gasteiger charge is -1.95. The van der Waals surface area contributed by atoms with Crippen LogP contribution in [0.5, 0.6) is 0 Å². The smallest absolute Gasteiger partial charge is 0.125 e. The zero-order chi connectivity index (χ0) is 9.26. The van der Waals surface area contributed by atoms with Gasteiger partial charge in [-0.25, -0.2) is 4.98 Å². The van der Waals surface area contributed by atoms with Gasteiger partial charge < -0.3 is 0 Å². The van der Waals surface area contributed by atoms with E-state index in [4.69, 9.17) is 0 Å². The first kappa shape index (κ1) is 8.38. The fourth-order valence-electron chi connectivity index (χ4n) is 1.16. The fourth-order valence-corrected chi connectivity index (χ4v) is 1.94. The molecule has 0 aliphatic heterocycles. The largest absolute Gasteiger partial charge is 0.264 e. The number of aromatic nitrogens is 2. The number of thiazole rings is 1. The van der Waals surface area contributed by atoms with E-state index >= 15 is 0 Å². The molecule has 0 spiro atoms. The molecule has 0 unspecified atom stereocenters. The highest BCUT2D eigenvalue weighted by Crippen LogP contribution is 2.22. The molecule has 2 rings (SSSR count). The Balaban J connectivity index is 2.46. The average Bonchev–Trinajstić information content (AvgIpc) is 2.52. The molecule has 0 radical (unpaired) electrons. The number of rotatable bonds is 1. The van der Waals surface area contributed by atoms with Crippen LogP contribution in [0.15, 0.2) is 23.8 Å². The maximum absolute atomic E-state index is 4.40. The van der Waals surface area contributed by atoms with Crippen LogP contribution in [-0.4, -0.2) is 9.97 Å². The number of nitrogens with zero attached hydrogens (tertiary/aromatic N) is 2. The van der Waals surface area contributed by atoms with Crippen molar-refractivity contribution in [2.75, 3.05) is 0 Å². The SMILES string of the molecule is Cc1cncc(-c2nc(C)cs2)c1. The lowest BCUT2D eigenvalue weighted by molar-refractivity contribution is 1.23. The van der Waals surface area contributed by atoms with E-state index in [1.807, 2.05) is 26.2 Å². The Kier molecular flexibility index (Phi) is 2.10. The molecule has 2 aromatic rings. The van der Waals surface area contributed by atoms with Crippen molar-refractivity contribution in [3.8, 4) is 10.6 Å². The van der Waals surface area contributed by atoms with Crippen LogP contribution in [0.1, 0.15) is 11.3 Å². The van der Waals surface area contributed by atoms with E-state index in [-0.39, 0.29) is 0 Å². The van der Waals surface area contributed by atoms with Gasteiger partial charge in [0.25, 0.3) is 0 Å². The highest BCUT2D eigenvalue weighted by atomic mass is 32.1. The lowest BCUT2D eigenvalue weighted by atomic mass is 10.2. The fraction of sp³-hybridized carbons (Fsp3) is 0.200. The summed E-state index contributed by atoms with van der Waals surface area (Å²) in [4.78, 5) is 8.54. The first-order valence-electron chi connectivity index (χ1n) is 4.10. The van der Waals surface area contributed by atoms with Crippen LogP contribution >= 0.6 is 11.3 Å². The van der Waals surface area contributed by atoms with Crippen molar-refractivity contribution < 1.29 is 0 Å². The van der Waals surface area contributed by atoms with E-state index in [1.54, 1.807) is 11.3 Å². The molecule has 2 nitrogen and oxygen atoms in total. The zero-order valence-corrected chi connectivity index (χ0v) is 8.43. The van der Waals surface area contributed by atoms with Gasteiger partial charge in [0.05, 0.1) is 0 Å². The van der Waals surface area contributed by atoms with Crippen LogP contribution in [0.25, 0.3) is 10.6 Å². The second-order valence-electron chi connectivity index (χ2n) is 3.05. The molecule has 0 aliphatic carbocycles. The third-order valence-electron chi connectivity index (χ3n) is 1.74. The maximum Gasteiger partial charge on any atom is 0.125 e. The number of aryl methyl sites for hydroxylation is 2. The molecule has 0 amide bonds. The second kappa shape index (κ2) is 3.26. The van der Waals surface area contributed by atoms with Crippen LogP contribution in [0, 0.1) is 13.8 Å². The van der Waals surface area contributed by atoms with Crippen LogP contribution < -0.4 is 0 Å². The Bertz CT molecular complexity index is 420. The van der Waals surface area contributed by atoms with Gasteiger partial charge in [0.15, 0.2) is 0 Å².